The van der Waals surface area contributed by atoms with E-state index in [1.165, 1.54) is 6.20 Å². The van der Waals surface area contributed by atoms with E-state index in [4.69, 9.17) is 0 Å². The second kappa shape index (κ2) is 6.91. The number of piperidine rings is 1. The minimum absolute atomic E-state index is 0.0129. The second-order valence-electron chi connectivity index (χ2n) is 6.34. The molecule has 8 nitrogen and oxygen atoms in total. The van der Waals surface area contributed by atoms with E-state index in [0.29, 0.717) is 18.7 Å². The van der Waals surface area contributed by atoms with Crippen LogP contribution in [0.1, 0.15) is 34.8 Å². The maximum Gasteiger partial charge on any atom is 0.345 e. The fraction of sp³-hybridized carbons (Fsp3) is 0.278. The van der Waals surface area contributed by atoms with Crippen LogP contribution in [0.15, 0.2) is 54.0 Å². The molecule has 132 valence electrons. The molecule has 1 unspecified atom stereocenters. The van der Waals surface area contributed by atoms with Crippen molar-refractivity contribution in [2.24, 2.45) is 0 Å². The molecule has 1 aliphatic heterocycles. The molecule has 1 amide bonds. The zero-order chi connectivity index (χ0) is 17.9. The molecule has 1 N–H and O–H groups in total. The van der Waals surface area contributed by atoms with Crippen molar-refractivity contribution < 1.29 is 4.79 Å². The molecule has 0 spiro atoms. The van der Waals surface area contributed by atoms with Crippen LogP contribution in [0.2, 0.25) is 0 Å². The van der Waals surface area contributed by atoms with Gasteiger partial charge in [0.1, 0.15) is 12.7 Å². The summed E-state index contributed by atoms with van der Waals surface area (Å²) in [5.74, 6) is 0.102. The lowest BCUT2D eigenvalue weighted by molar-refractivity contribution is 0.0706. The molecule has 1 aliphatic rings. The first-order chi connectivity index (χ1) is 12.7. The Hall–Kier alpha value is -3.29. The number of nitrogens with zero attached hydrogens (tertiary/aromatic N) is 5. The van der Waals surface area contributed by atoms with Crippen molar-refractivity contribution in [2.75, 3.05) is 13.1 Å². The summed E-state index contributed by atoms with van der Waals surface area (Å²) in [4.78, 5) is 32.7. The van der Waals surface area contributed by atoms with Gasteiger partial charge in [-0.1, -0.05) is 6.07 Å². The van der Waals surface area contributed by atoms with E-state index < -0.39 is 0 Å². The van der Waals surface area contributed by atoms with Crippen molar-refractivity contribution in [1.29, 1.82) is 0 Å². The van der Waals surface area contributed by atoms with Gasteiger partial charge in [0.25, 0.3) is 5.91 Å². The first-order valence-corrected chi connectivity index (χ1v) is 8.50. The highest BCUT2D eigenvalue weighted by Gasteiger charge is 2.26. The molecule has 1 aromatic carbocycles. The predicted molar refractivity (Wildman–Crippen MR) is 94.1 cm³/mol. The molecule has 0 radical (unpaired) electrons. The number of aromatic amines is 1. The smallest absolute Gasteiger partial charge is 0.338 e. The maximum atomic E-state index is 13.0. The Balaban J connectivity index is 1.54. The minimum atomic E-state index is -0.354. The van der Waals surface area contributed by atoms with Crippen LogP contribution in [0.4, 0.5) is 0 Å². The van der Waals surface area contributed by atoms with Crippen molar-refractivity contribution in [3.63, 3.8) is 0 Å². The molecule has 3 heterocycles. The lowest BCUT2D eigenvalue weighted by Gasteiger charge is -2.32. The van der Waals surface area contributed by atoms with E-state index in [1.807, 2.05) is 35.2 Å². The molecular weight excluding hydrogens is 332 g/mol. The third-order valence-electron chi connectivity index (χ3n) is 4.66. The summed E-state index contributed by atoms with van der Waals surface area (Å²) in [7, 11) is 0. The van der Waals surface area contributed by atoms with Crippen molar-refractivity contribution in [2.45, 2.75) is 18.8 Å². The lowest BCUT2D eigenvalue weighted by atomic mass is 9.94. The van der Waals surface area contributed by atoms with Crippen LogP contribution >= 0.6 is 0 Å². The van der Waals surface area contributed by atoms with Crippen LogP contribution in [-0.4, -0.2) is 48.6 Å². The van der Waals surface area contributed by atoms with E-state index in [1.54, 1.807) is 17.2 Å². The van der Waals surface area contributed by atoms with Crippen LogP contribution in [0.25, 0.3) is 5.69 Å². The van der Waals surface area contributed by atoms with Crippen molar-refractivity contribution >= 4 is 5.91 Å². The molecule has 8 heteroatoms. The number of nitrogens with one attached hydrogen (secondary N) is 1. The summed E-state index contributed by atoms with van der Waals surface area (Å²) in [6, 6.07) is 9.22. The normalized spacial score (nSPS) is 17.2. The van der Waals surface area contributed by atoms with Gasteiger partial charge < -0.3 is 9.88 Å². The summed E-state index contributed by atoms with van der Waals surface area (Å²) in [5, 5.41) is 7.59. The molecule has 1 fully saturated rings. The molecule has 1 saturated heterocycles. The highest BCUT2D eigenvalue weighted by atomic mass is 16.2. The number of carbonyl (C=O) groups is 1. The van der Waals surface area contributed by atoms with E-state index in [0.717, 1.165) is 24.2 Å². The molecule has 4 rings (SSSR count). The SMILES string of the molecule is O=C(c1cccc(-n2cnnc2)c1)N1CCCC(c2ccnc(=O)[nH]2)C1. The average Bonchev–Trinajstić information content (AvgIpc) is 3.22. The monoisotopic (exact) mass is 350 g/mol. The number of benzene rings is 1. The minimum Gasteiger partial charge on any atom is -0.338 e. The number of rotatable bonds is 3. The van der Waals surface area contributed by atoms with Crippen molar-refractivity contribution in [1.82, 2.24) is 29.6 Å². The summed E-state index contributed by atoms with van der Waals surface area (Å²) in [6.07, 6.45) is 6.54. The fourth-order valence-corrected chi connectivity index (χ4v) is 3.35. The van der Waals surface area contributed by atoms with E-state index in [-0.39, 0.29) is 17.5 Å². The van der Waals surface area contributed by atoms with Gasteiger partial charge in [-0.25, -0.2) is 9.78 Å². The Kier molecular flexibility index (Phi) is 4.30. The van der Waals surface area contributed by atoms with Crippen molar-refractivity contribution in [3.05, 3.63) is 70.9 Å². The number of hydrogen-bond acceptors (Lipinski definition) is 5. The van der Waals surface area contributed by atoms with Crippen LogP contribution in [0.5, 0.6) is 0 Å². The Morgan fingerprint density at radius 1 is 1.19 bits per heavy atom. The van der Waals surface area contributed by atoms with Gasteiger partial charge in [-0.05, 0) is 37.1 Å². The van der Waals surface area contributed by atoms with Gasteiger partial charge in [-0.15, -0.1) is 10.2 Å². The molecule has 0 aliphatic carbocycles. The molecular formula is C18H18N6O2. The van der Waals surface area contributed by atoms with E-state index >= 15 is 0 Å². The average molecular weight is 350 g/mol. The summed E-state index contributed by atoms with van der Waals surface area (Å²) < 4.78 is 1.76. The topological polar surface area (TPSA) is 96.8 Å². The van der Waals surface area contributed by atoms with E-state index in [9.17, 15) is 9.59 Å². The van der Waals surface area contributed by atoms with E-state index in [2.05, 4.69) is 20.2 Å². The summed E-state index contributed by atoms with van der Waals surface area (Å²) in [6.45, 7) is 1.29. The molecule has 3 aromatic rings. The Labute approximate surface area is 149 Å². The van der Waals surface area contributed by atoms with Crippen molar-refractivity contribution in [3.8, 4) is 5.69 Å². The van der Waals surface area contributed by atoms with Crippen LogP contribution < -0.4 is 5.69 Å². The molecule has 0 bridgehead atoms. The largest absolute Gasteiger partial charge is 0.345 e. The number of hydrogen-bond donors (Lipinski definition) is 1. The van der Waals surface area contributed by atoms with Gasteiger partial charge in [0.15, 0.2) is 0 Å². The first-order valence-electron chi connectivity index (χ1n) is 8.50. The first kappa shape index (κ1) is 16.2. The van der Waals surface area contributed by atoms with Crippen LogP contribution in [0, 0.1) is 0 Å². The maximum absolute atomic E-state index is 13.0. The highest BCUT2D eigenvalue weighted by Crippen LogP contribution is 2.26. The van der Waals surface area contributed by atoms with Gasteiger partial charge >= 0.3 is 5.69 Å². The summed E-state index contributed by atoms with van der Waals surface area (Å²) >= 11 is 0. The molecule has 2 aromatic heterocycles. The lowest BCUT2D eigenvalue weighted by Crippen LogP contribution is -2.39. The number of amides is 1. The van der Waals surface area contributed by atoms with Gasteiger partial charge in [-0.3, -0.25) is 9.36 Å². The third-order valence-corrected chi connectivity index (χ3v) is 4.66. The Morgan fingerprint density at radius 2 is 2.04 bits per heavy atom. The van der Waals surface area contributed by atoms with Crippen LogP contribution in [-0.2, 0) is 0 Å². The number of aromatic nitrogens is 5. The fourth-order valence-electron chi connectivity index (χ4n) is 3.35. The number of likely N-dealkylation sites (tertiary alicyclic amines) is 1. The van der Waals surface area contributed by atoms with Gasteiger partial charge in [-0.2, -0.15) is 0 Å². The molecule has 0 saturated carbocycles. The zero-order valence-electron chi connectivity index (χ0n) is 14.1. The second-order valence-corrected chi connectivity index (χ2v) is 6.34. The molecule has 1 atom stereocenters. The van der Waals surface area contributed by atoms with Gasteiger partial charge in [0, 0.05) is 42.1 Å². The summed E-state index contributed by atoms with van der Waals surface area (Å²) in [5.41, 5.74) is 1.95. The molecule has 26 heavy (non-hydrogen) atoms. The quantitative estimate of drug-likeness (QED) is 0.769. The highest BCUT2D eigenvalue weighted by molar-refractivity contribution is 5.94. The number of H-pyrrole nitrogens is 1. The van der Waals surface area contributed by atoms with Gasteiger partial charge in [0.2, 0.25) is 0 Å². The van der Waals surface area contributed by atoms with Gasteiger partial charge in [0.05, 0.1) is 0 Å². The Bertz CT molecular complexity index is 966. The predicted octanol–water partition coefficient (Wildman–Crippen LogP) is 1.37. The standard InChI is InChI=1S/C18H18N6O2/c25-17(13-3-1-5-15(9-13)24-11-20-21-12-24)23-8-2-4-14(10-23)16-6-7-19-18(26)22-16/h1,3,5-7,9,11-12,14H,2,4,8,10H2,(H,19,22,26). The third kappa shape index (κ3) is 3.26. The Morgan fingerprint density at radius 3 is 2.85 bits per heavy atom. The number of carbonyl (C=O) groups excluding carboxylic acids is 1. The zero-order valence-corrected chi connectivity index (χ0v) is 14.1. The van der Waals surface area contributed by atoms with Crippen LogP contribution in [0.3, 0.4) is 0 Å².